The number of rotatable bonds is 4. The first-order valence-corrected chi connectivity index (χ1v) is 5.88. The topological polar surface area (TPSA) is 67.6 Å². The van der Waals surface area contributed by atoms with E-state index in [1.54, 1.807) is 0 Å². The van der Waals surface area contributed by atoms with E-state index in [4.69, 9.17) is 10.6 Å². The molecule has 1 atom stereocenters. The molecule has 1 unspecified atom stereocenters. The van der Waals surface area contributed by atoms with Gasteiger partial charge in [-0.25, -0.2) is 5.84 Å². The van der Waals surface area contributed by atoms with Crippen LogP contribution in [0.5, 0.6) is 0 Å². The van der Waals surface area contributed by atoms with Crippen LogP contribution >= 0.6 is 0 Å². The molecule has 1 rings (SSSR count). The number of carbonyl (C=O) groups is 1. The molecule has 0 radical (unpaired) electrons. The number of hydrogen-bond donors (Lipinski definition) is 2. The minimum Gasteiger partial charge on any atom is -0.381 e. The number of amides is 1. The number of hydrazine groups is 1. The van der Waals surface area contributed by atoms with E-state index >= 15 is 0 Å². The zero-order valence-electron chi connectivity index (χ0n) is 10.4. The van der Waals surface area contributed by atoms with Crippen LogP contribution in [0.25, 0.3) is 0 Å². The smallest absolute Gasteiger partial charge is 0.251 e. The SMILES string of the molecule is CC(C)C(C(=O)NN)N(C)C1CCOCC1. The zero-order chi connectivity index (χ0) is 12.1. The van der Waals surface area contributed by atoms with Crippen molar-refractivity contribution in [2.24, 2.45) is 11.8 Å². The van der Waals surface area contributed by atoms with Gasteiger partial charge in [-0.2, -0.15) is 0 Å². The highest BCUT2D eigenvalue weighted by Crippen LogP contribution is 2.19. The van der Waals surface area contributed by atoms with E-state index in [2.05, 4.69) is 10.3 Å². The molecule has 1 saturated heterocycles. The molecule has 0 aromatic heterocycles. The monoisotopic (exact) mass is 229 g/mol. The van der Waals surface area contributed by atoms with Crippen molar-refractivity contribution in [2.45, 2.75) is 38.8 Å². The first-order chi connectivity index (χ1) is 7.57. The summed E-state index contributed by atoms with van der Waals surface area (Å²) < 4.78 is 5.32. The lowest BCUT2D eigenvalue weighted by molar-refractivity contribution is -0.129. The fourth-order valence-corrected chi connectivity index (χ4v) is 2.36. The van der Waals surface area contributed by atoms with Gasteiger partial charge in [-0.05, 0) is 25.8 Å². The standard InChI is InChI=1S/C11H23N3O2/c1-8(2)10(11(15)13-12)14(3)9-4-6-16-7-5-9/h8-10H,4-7,12H2,1-3H3,(H,13,15). The quantitative estimate of drug-likeness (QED) is 0.408. The maximum absolute atomic E-state index is 11.7. The van der Waals surface area contributed by atoms with Crippen molar-refractivity contribution in [1.29, 1.82) is 0 Å². The molecule has 1 amide bonds. The highest BCUT2D eigenvalue weighted by Gasteiger charge is 2.31. The molecule has 0 aliphatic carbocycles. The second-order valence-electron chi connectivity index (χ2n) is 4.71. The summed E-state index contributed by atoms with van der Waals surface area (Å²) in [5.74, 6) is 5.37. The van der Waals surface area contributed by atoms with E-state index in [0.29, 0.717) is 6.04 Å². The molecule has 0 aromatic rings. The minimum atomic E-state index is -0.159. The van der Waals surface area contributed by atoms with Crippen LogP contribution in [-0.4, -0.2) is 43.2 Å². The normalized spacial score (nSPS) is 20.1. The summed E-state index contributed by atoms with van der Waals surface area (Å²) in [7, 11) is 2.00. The summed E-state index contributed by atoms with van der Waals surface area (Å²) >= 11 is 0. The molecule has 1 heterocycles. The first-order valence-electron chi connectivity index (χ1n) is 5.88. The van der Waals surface area contributed by atoms with Crippen LogP contribution in [0.2, 0.25) is 0 Å². The summed E-state index contributed by atoms with van der Waals surface area (Å²) in [4.78, 5) is 13.9. The number of nitrogens with zero attached hydrogens (tertiary/aromatic N) is 1. The fraction of sp³-hybridized carbons (Fsp3) is 0.909. The number of likely N-dealkylation sites (N-methyl/N-ethyl adjacent to an activating group) is 1. The van der Waals surface area contributed by atoms with Crippen LogP contribution in [0.3, 0.4) is 0 Å². The van der Waals surface area contributed by atoms with Gasteiger partial charge in [0.25, 0.3) is 5.91 Å². The van der Waals surface area contributed by atoms with Crippen molar-refractivity contribution < 1.29 is 9.53 Å². The van der Waals surface area contributed by atoms with Gasteiger partial charge < -0.3 is 4.74 Å². The highest BCUT2D eigenvalue weighted by molar-refractivity contribution is 5.81. The first kappa shape index (κ1) is 13.4. The van der Waals surface area contributed by atoms with Crippen LogP contribution in [0, 0.1) is 5.92 Å². The van der Waals surface area contributed by atoms with E-state index in [1.807, 2.05) is 20.9 Å². The average Bonchev–Trinajstić information content (AvgIpc) is 2.29. The third-order valence-electron chi connectivity index (χ3n) is 3.25. The number of nitrogens with two attached hydrogens (primary N) is 1. The zero-order valence-corrected chi connectivity index (χ0v) is 10.4. The Morgan fingerprint density at radius 1 is 1.44 bits per heavy atom. The van der Waals surface area contributed by atoms with E-state index in [0.717, 1.165) is 26.1 Å². The summed E-state index contributed by atoms with van der Waals surface area (Å²) in [5, 5.41) is 0. The molecular formula is C11H23N3O2. The Labute approximate surface area is 97.3 Å². The second kappa shape index (κ2) is 6.18. The molecule has 0 spiro atoms. The Balaban J connectivity index is 2.65. The summed E-state index contributed by atoms with van der Waals surface area (Å²) in [6, 6.07) is 0.256. The maximum atomic E-state index is 11.7. The van der Waals surface area contributed by atoms with Crippen LogP contribution in [0.1, 0.15) is 26.7 Å². The van der Waals surface area contributed by atoms with Crippen LogP contribution in [-0.2, 0) is 9.53 Å². The van der Waals surface area contributed by atoms with Gasteiger partial charge >= 0.3 is 0 Å². The van der Waals surface area contributed by atoms with Crippen LogP contribution < -0.4 is 11.3 Å². The second-order valence-corrected chi connectivity index (χ2v) is 4.71. The van der Waals surface area contributed by atoms with E-state index in [9.17, 15) is 4.79 Å². The van der Waals surface area contributed by atoms with Crippen LogP contribution in [0.15, 0.2) is 0 Å². The molecule has 1 fully saturated rings. The molecule has 1 aliphatic rings. The molecule has 5 heteroatoms. The summed E-state index contributed by atoms with van der Waals surface area (Å²) in [5.41, 5.74) is 2.25. The minimum absolute atomic E-state index is 0.107. The Morgan fingerprint density at radius 2 is 2.00 bits per heavy atom. The molecule has 3 N–H and O–H groups in total. The van der Waals surface area contributed by atoms with Crippen molar-refractivity contribution in [3.63, 3.8) is 0 Å². The average molecular weight is 229 g/mol. The fourth-order valence-electron chi connectivity index (χ4n) is 2.36. The van der Waals surface area contributed by atoms with Crippen molar-refractivity contribution >= 4 is 5.91 Å². The van der Waals surface area contributed by atoms with Gasteiger partial charge in [-0.15, -0.1) is 0 Å². The molecule has 16 heavy (non-hydrogen) atoms. The lowest BCUT2D eigenvalue weighted by atomic mass is 9.98. The predicted molar refractivity (Wildman–Crippen MR) is 62.6 cm³/mol. The number of nitrogens with one attached hydrogen (secondary N) is 1. The Hall–Kier alpha value is -0.650. The molecule has 0 aromatic carbocycles. The van der Waals surface area contributed by atoms with Gasteiger partial charge in [0.05, 0.1) is 6.04 Å². The summed E-state index contributed by atoms with van der Waals surface area (Å²) in [6.07, 6.45) is 1.97. The van der Waals surface area contributed by atoms with Crippen molar-refractivity contribution in [1.82, 2.24) is 10.3 Å². The van der Waals surface area contributed by atoms with Crippen molar-refractivity contribution in [3.05, 3.63) is 0 Å². The van der Waals surface area contributed by atoms with Gasteiger partial charge in [-0.1, -0.05) is 13.8 Å². The third kappa shape index (κ3) is 3.17. The molecule has 5 nitrogen and oxygen atoms in total. The largest absolute Gasteiger partial charge is 0.381 e. The number of carbonyl (C=O) groups excluding carboxylic acids is 1. The van der Waals surface area contributed by atoms with E-state index < -0.39 is 0 Å². The lowest BCUT2D eigenvalue weighted by Gasteiger charge is -2.37. The van der Waals surface area contributed by atoms with Gasteiger partial charge in [0.2, 0.25) is 0 Å². The molecule has 0 saturated carbocycles. The Morgan fingerprint density at radius 3 is 2.44 bits per heavy atom. The molecule has 0 bridgehead atoms. The van der Waals surface area contributed by atoms with Gasteiger partial charge in [-0.3, -0.25) is 15.1 Å². The molecule has 1 aliphatic heterocycles. The highest BCUT2D eigenvalue weighted by atomic mass is 16.5. The number of ether oxygens (including phenoxy) is 1. The maximum Gasteiger partial charge on any atom is 0.251 e. The summed E-state index contributed by atoms with van der Waals surface area (Å²) in [6.45, 7) is 5.64. The van der Waals surface area contributed by atoms with Gasteiger partial charge in [0.15, 0.2) is 0 Å². The van der Waals surface area contributed by atoms with Crippen LogP contribution in [0.4, 0.5) is 0 Å². The van der Waals surface area contributed by atoms with Crippen molar-refractivity contribution in [3.8, 4) is 0 Å². The van der Waals surface area contributed by atoms with Gasteiger partial charge in [0.1, 0.15) is 0 Å². The number of hydrogen-bond acceptors (Lipinski definition) is 4. The predicted octanol–water partition coefficient (Wildman–Crippen LogP) is 0.112. The molecule has 94 valence electrons. The van der Waals surface area contributed by atoms with E-state index in [1.165, 1.54) is 0 Å². The Kier molecular flexibility index (Phi) is 5.18. The van der Waals surface area contributed by atoms with Crippen molar-refractivity contribution in [2.75, 3.05) is 20.3 Å². The third-order valence-corrected chi connectivity index (χ3v) is 3.25. The lowest BCUT2D eigenvalue weighted by Crippen LogP contribution is -2.54. The Bertz CT molecular complexity index is 227. The molecular weight excluding hydrogens is 206 g/mol. The van der Waals surface area contributed by atoms with E-state index in [-0.39, 0.29) is 17.9 Å². The van der Waals surface area contributed by atoms with Gasteiger partial charge in [0, 0.05) is 19.3 Å².